The number of methoxy groups -OCH3 is 1. The molecule has 0 radical (unpaired) electrons. The van der Waals surface area contributed by atoms with Crippen molar-refractivity contribution < 1.29 is 14.3 Å². The van der Waals surface area contributed by atoms with Crippen LogP contribution < -0.4 is 20.1 Å². The van der Waals surface area contributed by atoms with Crippen LogP contribution in [0.5, 0.6) is 17.2 Å². The maximum Gasteiger partial charge on any atom is 0.267 e. The minimum absolute atomic E-state index is 0.235. The Balaban J connectivity index is 1.28. The third kappa shape index (κ3) is 4.79. The maximum absolute atomic E-state index is 12.8. The molecule has 1 amide bonds. The van der Waals surface area contributed by atoms with Crippen LogP contribution in [0.25, 0.3) is 10.1 Å². The second-order valence-electron chi connectivity index (χ2n) is 6.92. The molecule has 9 heteroatoms. The van der Waals surface area contributed by atoms with Crippen molar-refractivity contribution >= 4 is 54.6 Å². The molecule has 0 unspecified atom stereocenters. The Labute approximate surface area is 197 Å². The third-order valence-electron chi connectivity index (χ3n) is 4.68. The summed E-state index contributed by atoms with van der Waals surface area (Å²) < 4.78 is 12.2. The van der Waals surface area contributed by atoms with Crippen molar-refractivity contribution in [2.24, 2.45) is 0 Å². The molecule has 5 rings (SSSR count). The summed E-state index contributed by atoms with van der Waals surface area (Å²) in [7, 11) is 1.61. The number of nitrogens with zero attached hydrogens (tertiary/aromatic N) is 2. The van der Waals surface area contributed by atoms with E-state index in [9.17, 15) is 4.79 Å². The number of hydrogen-bond donors (Lipinski definition) is 2. The quantitative estimate of drug-likeness (QED) is 0.278. The molecule has 0 saturated carbocycles. The molecule has 5 aromatic rings. The Hall–Kier alpha value is -3.95. The molecule has 0 bridgehead atoms. The molecule has 0 aliphatic rings. The molecular weight excluding hydrogens is 456 g/mol. The van der Waals surface area contributed by atoms with Gasteiger partial charge < -0.3 is 14.8 Å². The van der Waals surface area contributed by atoms with E-state index in [2.05, 4.69) is 20.8 Å². The Morgan fingerprint density at radius 2 is 1.64 bits per heavy atom. The van der Waals surface area contributed by atoms with Gasteiger partial charge in [0.05, 0.1) is 17.7 Å². The molecule has 7 nitrogen and oxygen atoms in total. The van der Waals surface area contributed by atoms with Gasteiger partial charge in [-0.2, -0.15) is 0 Å². The number of para-hydroxylation sites is 3. The van der Waals surface area contributed by atoms with Crippen molar-refractivity contribution in [3.05, 3.63) is 83.7 Å². The molecule has 3 aromatic carbocycles. The molecule has 0 saturated heterocycles. The molecule has 0 aliphatic heterocycles. The maximum atomic E-state index is 12.8. The summed E-state index contributed by atoms with van der Waals surface area (Å²) in [6.45, 7) is 0. The van der Waals surface area contributed by atoms with Crippen molar-refractivity contribution in [1.29, 1.82) is 0 Å². The van der Waals surface area contributed by atoms with Crippen LogP contribution in [0.3, 0.4) is 0 Å². The number of anilines is 3. The van der Waals surface area contributed by atoms with Crippen LogP contribution in [0.15, 0.2) is 78.9 Å². The van der Waals surface area contributed by atoms with Gasteiger partial charge in [0, 0.05) is 4.70 Å². The number of ether oxygens (including phenoxy) is 2. The molecule has 164 valence electrons. The number of benzene rings is 3. The lowest BCUT2D eigenvalue weighted by Crippen LogP contribution is -2.09. The summed E-state index contributed by atoms with van der Waals surface area (Å²) in [4.78, 5) is 13.4. The highest BCUT2D eigenvalue weighted by Crippen LogP contribution is 2.33. The van der Waals surface area contributed by atoms with Gasteiger partial charge in [0.15, 0.2) is 0 Å². The predicted octanol–water partition coefficient (Wildman–Crippen LogP) is 6.55. The highest BCUT2D eigenvalue weighted by atomic mass is 32.1. The number of thiophene rings is 1. The minimum atomic E-state index is -0.235. The van der Waals surface area contributed by atoms with Crippen molar-refractivity contribution in [2.45, 2.75) is 0 Å². The number of hydrogen-bond acceptors (Lipinski definition) is 8. The number of carbonyl (C=O) groups excluding carboxylic acids is 1. The lowest BCUT2D eigenvalue weighted by molar-refractivity contribution is 0.103. The molecule has 2 aromatic heterocycles. The molecular formula is C24H18N4O3S2. The van der Waals surface area contributed by atoms with Gasteiger partial charge in [-0.15, -0.1) is 21.5 Å². The van der Waals surface area contributed by atoms with Gasteiger partial charge in [-0.3, -0.25) is 10.1 Å². The highest BCUT2D eigenvalue weighted by Gasteiger charge is 2.14. The van der Waals surface area contributed by atoms with Crippen molar-refractivity contribution in [3.8, 4) is 17.2 Å². The first-order chi connectivity index (χ1) is 16.2. The van der Waals surface area contributed by atoms with Crippen molar-refractivity contribution in [3.63, 3.8) is 0 Å². The van der Waals surface area contributed by atoms with Crippen LogP contribution in [0.2, 0.25) is 0 Å². The molecule has 33 heavy (non-hydrogen) atoms. The van der Waals surface area contributed by atoms with E-state index in [1.165, 1.54) is 22.7 Å². The largest absolute Gasteiger partial charge is 0.495 e. The summed E-state index contributed by atoms with van der Waals surface area (Å²) in [5, 5.41) is 16.0. The van der Waals surface area contributed by atoms with E-state index in [1.807, 2.05) is 78.9 Å². The summed E-state index contributed by atoms with van der Waals surface area (Å²) in [6.07, 6.45) is 0. The first-order valence-electron chi connectivity index (χ1n) is 9.99. The zero-order chi connectivity index (χ0) is 22.6. The topological polar surface area (TPSA) is 85.4 Å². The first-order valence-corrected chi connectivity index (χ1v) is 11.6. The second-order valence-corrected chi connectivity index (χ2v) is 8.98. The lowest BCUT2D eigenvalue weighted by Gasteiger charge is -2.07. The van der Waals surface area contributed by atoms with Gasteiger partial charge in [-0.25, -0.2) is 0 Å². The molecule has 2 heterocycles. The van der Waals surface area contributed by atoms with Crippen LogP contribution in [0.1, 0.15) is 9.67 Å². The number of rotatable bonds is 7. The van der Waals surface area contributed by atoms with E-state index < -0.39 is 0 Å². The van der Waals surface area contributed by atoms with Gasteiger partial charge >= 0.3 is 0 Å². The van der Waals surface area contributed by atoms with Gasteiger partial charge in [0.25, 0.3) is 5.91 Å². The van der Waals surface area contributed by atoms with E-state index in [-0.39, 0.29) is 5.91 Å². The number of aromatic nitrogens is 2. The molecule has 0 atom stereocenters. The monoisotopic (exact) mass is 474 g/mol. The Kier molecular flexibility index (Phi) is 5.88. The van der Waals surface area contributed by atoms with Gasteiger partial charge in [0.2, 0.25) is 10.3 Å². The number of carbonyl (C=O) groups is 1. The smallest absolute Gasteiger partial charge is 0.267 e. The fourth-order valence-electron chi connectivity index (χ4n) is 3.17. The van der Waals surface area contributed by atoms with E-state index in [4.69, 9.17) is 9.47 Å². The second kappa shape index (κ2) is 9.27. The fraction of sp³-hybridized carbons (Fsp3) is 0.0417. The summed E-state index contributed by atoms with van der Waals surface area (Å²) in [6, 6.07) is 24.7. The highest BCUT2D eigenvalue weighted by molar-refractivity contribution is 7.21. The zero-order valence-corrected chi connectivity index (χ0v) is 19.1. The third-order valence-corrected chi connectivity index (χ3v) is 6.55. The predicted molar refractivity (Wildman–Crippen MR) is 132 cm³/mol. The van der Waals surface area contributed by atoms with E-state index >= 15 is 0 Å². The molecule has 0 fully saturated rings. The van der Waals surface area contributed by atoms with Gasteiger partial charge in [0.1, 0.15) is 17.2 Å². The number of amides is 1. The van der Waals surface area contributed by atoms with Crippen molar-refractivity contribution in [2.75, 3.05) is 17.7 Å². The number of nitrogens with one attached hydrogen (secondary N) is 2. The van der Waals surface area contributed by atoms with Crippen LogP contribution in [-0.4, -0.2) is 23.2 Å². The van der Waals surface area contributed by atoms with Gasteiger partial charge in [-0.1, -0.05) is 41.7 Å². The average Bonchev–Trinajstić information content (AvgIpc) is 3.46. The summed E-state index contributed by atoms with van der Waals surface area (Å²) in [5.74, 6) is 1.94. The normalized spacial score (nSPS) is 10.7. The first kappa shape index (κ1) is 20.9. The van der Waals surface area contributed by atoms with Crippen LogP contribution in [0, 0.1) is 0 Å². The molecule has 2 N–H and O–H groups in total. The average molecular weight is 475 g/mol. The van der Waals surface area contributed by atoms with E-state index in [0.717, 1.165) is 27.3 Å². The summed E-state index contributed by atoms with van der Waals surface area (Å²) >= 11 is 2.65. The van der Waals surface area contributed by atoms with E-state index in [0.29, 0.717) is 20.9 Å². The van der Waals surface area contributed by atoms with Crippen LogP contribution >= 0.6 is 22.7 Å². The Bertz CT molecular complexity index is 1420. The zero-order valence-electron chi connectivity index (χ0n) is 17.4. The van der Waals surface area contributed by atoms with Crippen molar-refractivity contribution in [1.82, 2.24) is 10.2 Å². The lowest BCUT2D eigenvalue weighted by atomic mass is 10.2. The SMILES string of the molecule is COc1ccccc1Nc1nnc(NC(=O)c2cc3cc(Oc4ccccc4)ccc3s2)s1. The van der Waals surface area contributed by atoms with Crippen LogP contribution in [-0.2, 0) is 0 Å². The van der Waals surface area contributed by atoms with E-state index in [1.54, 1.807) is 7.11 Å². The Morgan fingerprint density at radius 3 is 2.48 bits per heavy atom. The standard InChI is InChI=1S/C24H18N4O3S2/c1-30-19-10-6-5-9-18(19)25-23-27-28-24(33-23)26-22(29)21-14-15-13-17(11-12-20(15)32-21)31-16-7-3-2-4-8-16/h2-14H,1H3,(H,25,27)(H,26,28,29). The molecule has 0 spiro atoms. The summed E-state index contributed by atoms with van der Waals surface area (Å²) in [5.41, 5.74) is 0.770. The molecule has 0 aliphatic carbocycles. The fourth-order valence-corrected chi connectivity index (χ4v) is 4.76. The number of fused-ring (bicyclic) bond motifs is 1. The van der Waals surface area contributed by atoms with Crippen LogP contribution in [0.4, 0.5) is 16.0 Å². The Morgan fingerprint density at radius 1 is 0.848 bits per heavy atom. The minimum Gasteiger partial charge on any atom is -0.495 e. The van der Waals surface area contributed by atoms with Gasteiger partial charge in [-0.05, 0) is 53.9 Å².